The van der Waals surface area contributed by atoms with Crippen molar-refractivity contribution in [3.8, 4) is 11.6 Å². The maximum atomic E-state index is 15.0. The molecule has 7 atom stereocenters. The molecule has 5 aliphatic rings. The van der Waals surface area contributed by atoms with E-state index in [4.69, 9.17) is 28.7 Å². The topological polar surface area (TPSA) is 201 Å². The highest BCUT2D eigenvalue weighted by molar-refractivity contribution is 7.91. The van der Waals surface area contributed by atoms with E-state index in [1.807, 2.05) is 45.0 Å². The van der Waals surface area contributed by atoms with Crippen LogP contribution in [0.1, 0.15) is 97.5 Å². The number of aromatic nitrogens is 1. The third kappa shape index (κ3) is 10.4. The van der Waals surface area contributed by atoms with Gasteiger partial charge in [-0.05, 0) is 88.2 Å². The van der Waals surface area contributed by atoms with E-state index in [2.05, 4.69) is 34.1 Å². The van der Waals surface area contributed by atoms with Crippen molar-refractivity contribution in [1.82, 2.24) is 25.2 Å². The molecule has 7 rings (SSSR count). The Hall–Kier alpha value is -4.74. The summed E-state index contributed by atoms with van der Waals surface area (Å²) in [6, 6.07) is 5.33. The molecule has 4 amide bonds. The Balaban J connectivity index is 1.24. The number of nitrogens with one attached hydrogen (secondary N) is 3. The summed E-state index contributed by atoms with van der Waals surface area (Å²) in [7, 11) is -2.40. The van der Waals surface area contributed by atoms with E-state index >= 15 is 0 Å². The van der Waals surface area contributed by atoms with Gasteiger partial charge in [-0.2, -0.15) is 0 Å². The molecule has 350 valence electrons. The van der Waals surface area contributed by atoms with Crippen LogP contribution < -0.4 is 24.8 Å². The molecule has 1 aromatic carbocycles. The molecule has 0 unspecified atom stereocenters. The van der Waals surface area contributed by atoms with E-state index in [1.54, 1.807) is 14.0 Å². The number of para-hydroxylation sites is 1. The van der Waals surface area contributed by atoms with Gasteiger partial charge in [0.25, 0.3) is 5.91 Å². The van der Waals surface area contributed by atoms with Crippen LogP contribution >= 0.6 is 0 Å². The number of amides is 4. The maximum absolute atomic E-state index is 15.0. The van der Waals surface area contributed by atoms with Crippen LogP contribution in [0.15, 0.2) is 49.1 Å². The number of hydrogen-bond donors (Lipinski definition) is 3. The second-order valence-corrected chi connectivity index (χ2v) is 21.4. The number of alkyl carbamates (subject to hydrolysis) is 1. The Morgan fingerprint density at radius 2 is 1.84 bits per heavy atom. The van der Waals surface area contributed by atoms with Gasteiger partial charge in [0.05, 0.1) is 42.2 Å². The van der Waals surface area contributed by atoms with Crippen LogP contribution in [0.3, 0.4) is 0 Å². The fraction of sp³-hybridized carbons (Fsp3) is 0.638. The molecule has 0 spiro atoms. The third-order valence-corrected chi connectivity index (χ3v) is 15.6. The summed E-state index contributed by atoms with van der Waals surface area (Å²) < 4.78 is 57.7. The molecule has 16 nitrogen and oxygen atoms in total. The van der Waals surface area contributed by atoms with E-state index in [-0.39, 0.29) is 31.4 Å². The first-order valence-corrected chi connectivity index (χ1v) is 24.2. The van der Waals surface area contributed by atoms with E-state index in [1.165, 1.54) is 11.0 Å². The zero-order chi connectivity index (χ0) is 45.9. The molecule has 2 aliphatic heterocycles. The SMILES string of the molecule is C=C[C@@H]1C[C@]1(NC(=O)[C@@H]1C[C@@H]2CN1C(=O)[C@H](C(C)(C)C)NC(=O)O[C@@H]1CCC[C@H]1CC/C=C/Cc1c(nc3ccccc3c1OCCCOCCOC)O2)C(=O)NS(=O)(=O)C1(C)CC1. The summed E-state index contributed by atoms with van der Waals surface area (Å²) >= 11 is 0. The smallest absolute Gasteiger partial charge is 0.408 e. The lowest BCUT2D eigenvalue weighted by molar-refractivity contribution is -0.143. The number of rotatable bonds is 14. The predicted octanol–water partition coefficient (Wildman–Crippen LogP) is 5.28. The van der Waals surface area contributed by atoms with E-state index < -0.39 is 73.6 Å². The minimum atomic E-state index is -4.03. The number of hydrogen-bond acceptors (Lipinski definition) is 12. The standard InChI is InChI=1S/C47H65N5O11S/c1-7-31-28-47(31,43(55)51-64(57,58)46(5)21-22-46)50-40(53)36-27-32-29-52(36)42(54)39(45(2,3)4)49-44(56)63-37-20-13-16-30(37)15-9-8-10-18-34-38(61-24-14-23-60-26-25-59-6)33-17-11-12-19-35(33)48-41(34)62-32/h7-8,10-12,17,19,30-32,36-37,39H,1,9,13-16,18,20-29H2,2-6H3,(H,49,56)(H,50,53)(H,51,55)/b10-8+/t30-,31-,32-,36+,37-,39-,47-/m1/s1. The monoisotopic (exact) mass is 907 g/mol. The lowest BCUT2D eigenvalue weighted by Gasteiger charge is -2.35. The summed E-state index contributed by atoms with van der Waals surface area (Å²) in [6.45, 7) is 12.6. The minimum absolute atomic E-state index is 0.00570. The number of carbonyl (C=O) groups is 4. The van der Waals surface area contributed by atoms with Crippen LogP contribution in [-0.2, 0) is 45.0 Å². The number of methoxy groups -OCH3 is 1. The maximum Gasteiger partial charge on any atom is 0.408 e. The first-order valence-electron chi connectivity index (χ1n) is 22.7. The van der Waals surface area contributed by atoms with E-state index in [9.17, 15) is 27.6 Å². The summed E-state index contributed by atoms with van der Waals surface area (Å²) in [5.74, 6) is -1.56. The van der Waals surface area contributed by atoms with Crippen LogP contribution in [0.4, 0.5) is 4.79 Å². The molecule has 64 heavy (non-hydrogen) atoms. The number of nitrogens with zero attached hydrogens (tertiary/aromatic N) is 2. The summed E-state index contributed by atoms with van der Waals surface area (Å²) in [5.41, 5.74) is -1.09. The number of pyridine rings is 1. The Labute approximate surface area is 376 Å². The van der Waals surface area contributed by atoms with Crippen molar-refractivity contribution in [2.24, 2.45) is 17.3 Å². The molecule has 3 aliphatic carbocycles. The van der Waals surface area contributed by atoms with Gasteiger partial charge in [0.15, 0.2) is 0 Å². The number of carbonyl (C=O) groups excluding carboxylic acids is 4. The van der Waals surface area contributed by atoms with Crippen LogP contribution in [0, 0.1) is 17.3 Å². The fourth-order valence-electron chi connectivity index (χ4n) is 9.09. The summed E-state index contributed by atoms with van der Waals surface area (Å²) in [5, 5.41) is 6.52. The van der Waals surface area contributed by atoms with Crippen molar-refractivity contribution in [1.29, 1.82) is 0 Å². The van der Waals surface area contributed by atoms with Crippen molar-refractivity contribution in [3.05, 3.63) is 54.6 Å². The lowest BCUT2D eigenvalue weighted by atomic mass is 9.85. The summed E-state index contributed by atoms with van der Waals surface area (Å²) in [6.07, 6.45) is 10.00. The average molecular weight is 908 g/mol. The number of ether oxygens (including phenoxy) is 5. The molecule has 4 fully saturated rings. The Morgan fingerprint density at radius 3 is 2.56 bits per heavy atom. The molecule has 3 N–H and O–H groups in total. The average Bonchev–Trinajstić information content (AvgIpc) is 4.06. The zero-order valence-electron chi connectivity index (χ0n) is 37.8. The fourth-order valence-corrected chi connectivity index (χ4v) is 10.4. The van der Waals surface area contributed by atoms with Crippen molar-refractivity contribution < 1.29 is 51.3 Å². The van der Waals surface area contributed by atoms with Crippen molar-refractivity contribution >= 4 is 44.7 Å². The van der Waals surface area contributed by atoms with Crippen LogP contribution in [-0.4, -0.2) is 117 Å². The van der Waals surface area contributed by atoms with Crippen molar-refractivity contribution in [2.45, 2.75) is 133 Å². The zero-order valence-corrected chi connectivity index (χ0v) is 38.6. The van der Waals surface area contributed by atoms with Gasteiger partial charge in [0.1, 0.15) is 35.6 Å². The highest BCUT2D eigenvalue weighted by Gasteiger charge is 2.63. The van der Waals surface area contributed by atoms with E-state index in [0.717, 1.165) is 37.5 Å². The van der Waals surface area contributed by atoms with Gasteiger partial charge in [0, 0.05) is 37.9 Å². The minimum Gasteiger partial charge on any atom is -0.492 e. The van der Waals surface area contributed by atoms with Crippen LogP contribution in [0.5, 0.6) is 11.6 Å². The molecule has 1 aromatic heterocycles. The number of sulfonamides is 1. The molecule has 2 aromatic rings. The molecule has 2 bridgehead atoms. The van der Waals surface area contributed by atoms with Gasteiger partial charge in [-0.1, -0.05) is 51.1 Å². The molecular formula is C47H65N5O11S. The van der Waals surface area contributed by atoms with Gasteiger partial charge >= 0.3 is 6.09 Å². The second kappa shape index (κ2) is 19.4. The Bertz CT molecular complexity index is 2220. The highest BCUT2D eigenvalue weighted by Crippen LogP contribution is 2.47. The molecule has 1 saturated heterocycles. The number of fused-ring (bicyclic) bond motifs is 5. The van der Waals surface area contributed by atoms with Gasteiger partial charge in [0.2, 0.25) is 27.7 Å². The molecule has 3 heterocycles. The third-order valence-electron chi connectivity index (χ3n) is 13.4. The highest BCUT2D eigenvalue weighted by atomic mass is 32.2. The van der Waals surface area contributed by atoms with Crippen molar-refractivity contribution in [2.75, 3.05) is 40.1 Å². The quantitative estimate of drug-likeness (QED) is 0.164. The lowest BCUT2D eigenvalue weighted by Crippen LogP contribution is -2.60. The van der Waals surface area contributed by atoms with Crippen LogP contribution in [0.2, 0.25) is 0 Å². The first kappa shape index (κ1) is 47.2. The molecule has 17 heteroatoms. The second-order valence-electron chi connectivity index (χ2n) is 19.3. The largest absolute Gasteiger partial charge is 0.492 e. The van der Waals surface area contributed by atoms with E-state index in [0.29, 0.717) is 74.8 Å². The molecular weight excluding hydrogens is 843 g/mol. The number of benzene rings is 1. The van der Waals surface area contributed by atoms with Crippen molar-refractivity contribution in [3.63, 3.8) is 0 Å². The van der Waals surface area contributed by atoms with Gasteiger partial charge in [-0.25, -0.2) is 18.2 Å². The molecule has 0 radical (unpaired) electrons. The normalized spacial score (nSPS) is 28.5. The van der Waals surface area contributed by atoms with Gasteiger partial charge in [-0.15, -0.1) is 6.58 Å². The predicted molar refractivity (Wildman–Crippen MR) is 239 cm³/mol. The summed E-state index contributed by atoms with van der Waals surface area (Å²) in [4.78, 5) is 63.5. The number of allylic oxidation sites excluding steroid dienone is 2. The van der Waals surface area contributed by atoms with Gasteiger partial charge in [-0.3, -0.25) is 19.1 Å². The van der Waals surface area contributed by atoms with Crippen LogP contribution in [0.25, 0.3) is 10.9 Å². The molecule has 3 saturated carbocycles. The Kier molecular flexibility index (Phi) is 14.3. The Morgan fingerprint density at radius 1 is 1.06 bits per heavy atom. The van der Waals surface area contributed by atoms with Gasteiger partial charge < -0.3 is 39.2 Å². The first-order chi connectivity index (χ1) is 30.5.